The zero-order valence-corrected chi connectivity index (χ0v) is 19.3. The highest BCUT2D eigenvalue weighted by Gasteiger charge is 2.08. The van der Waals surface area contributed by atoms with Gasteiger partial charge in [0.25, 0.3) is 0 Å². The van der Waals surface area contributed by atoms with E-state index in [0.717, 1.165) is 28.2 Å². The first-order valence-corrected chi connectivity index (χ1v) is 11.2. The van der Waals surface area contributed by atoms with Gasteiger partial charge < -0.3 is 15.6 Å². The number of benzene rings is 2. The monoisotopic (exact) mass is 425 g/mol. The molecular formula is C23H31N5OS. The van der Waals surface area contributed by atoms with Crippen LogP contribution in [0.5, 0.6) is 0 Å². The molecular weight excluding hydrogens is 394 g/mol. The molecule has 0 aliphatic heterocycles. The first-order valence-electron chi connectivity index (χ1n) is 10.3. The third-order valence-electron chi connectivity index (χ3n) is 3.45. The summed E-state index contributed by atoms with van der Waals surface area (Å²) in [5, 5.41) is 7.53. The Kier molecular flexibility index (Phi) is 11.5. The number of fused-ring (bicyclic) bond motifs is 1. The summed E-state index contributed by atoms with van der Waals surface area (Å²) in [4.78, 5) is 24.0. The molecule has 4 rings (SSSR count). The molecule has 0 fully saturated rings. The molecule has 2 amide bonds. The lowest BCUT2D eigenvalue weighted by molar-refractivity contribution is 0.262. The number of hydrogen-bond acceptors (Lipinski definition) is 4. The number of nitrogens with zero attached hydrogens (tertiary/aromatic N) is 2. The average molecular weight is 426 g/mol. The van der Waals surface area contributed by atoms with Crippen LogP contribution >= 0.6 is 11.3 Å². The van der Waals surface area contributed by atoms with E-state index in [9.17, 15) is 4.79 Å². The molecule has 7 heteroatoms. The third kappa shape index (κ3) is 7.00. The fraction of sp³-hybridized carbons (Fsp3) is 0.261. The van der Waals surface area contributed by atoms with Crippen LogP contribution in [0.15, 0.2) is 59.4 Å². The van der Waals surface area contributed by atoms with Gasteiger partial charge in [-0.2, -0.15) is 0 Å². The van der Waals surface area contributed by atoms with Gasteiger partial charge in [0, 0.05) is 16.8 Å². The standard InChI is InChI=1S/C17H13N5OS.3C2H6/c23-17(19-11-4-2-1-3-5-11)20-12-6-7-13-14(8-12)22-16(21-13)15-9-24-10-18-15;3*1-2/h1-10H,(H,21,22)(H2,19,20,23);3*1-2H3. The largest absolute Gasteiger partial charge is 0.337 e. The smallest absolute Gasteiger partial charge is 0.323 e. The summed E-state index contributed by atoms with van der Waals surface area (Å²) in [6, 6.07) is 14.5. The third-order valence-corrected chi connectivity index (χ3v) is 4.03. The number of H-pyrrole nitrogens is 1. The van der Waals surface area contributed by atoms with E-state index in [1.54, 1.807) is 5.51 Å². The first kappa shape index (κ1) is 24.8. The van der Waals surface area contributed by atoms with Crippen LogP contribution in [0.2, 0.25) is 0 Å². The van der Waals surface area contributed by atoms with Crippen LogP contribution in [-0.4, -0.2) is 21.0 Å². The molecule has 6 nitrogen and oxygen atoms in total. The van der Waals surface area contributed by atoms with Gasteiger partial charge in [0.1, 0.15) is 5.69 Å². The maximum Gasteiger partial charge on any atom is 0.323 e. The van der Waals surface area contributed by atoms with Crippen molar-refractivity contribution in [3.8, 4) is 11.5 Å². The number of imidazole rings is 1. The van der Waals surface area contributed by atoms with Gasteiger partial charge in [-0.3, -0.25) is 0 Å². The van der Waals surface area contributed by atoms with E-state index in [-0.39, 0.29) is 6.03 Å². The maximum absolute atomic E-state index is 12.1. The lowest BCUT2D eigenvalue weighted by atomic mass is 10.3. The Bertz CT molecular complexity index is 981. The van der Waals surface area contributed by atoms with Gasteiger partial charge in [0.2, 0.25) is 0 Å². The summed E-state index contributed by atoms with van der Waals surface area (Å²) in [5.74, 6) is 0.720. The summed E-state index contributed by atoms with van der Waals surface area (Å²) in [6.07, 6.45) is 0. The zero-order chi connectivity index (χ0) is 22.4. The number of aromatic amines is 1. The molecule has 30 heavy (non-hydrogen) atoms. The molecule has 3 N–H and O–H groups in total. The van der Waals surface area contributed by atoms with Crippen LogP contribution in [0.4, 0.5) is 16.2 Å². The van der Waals surface area contributed by atoms with Crippen molar-refractivity contribution in [3.63, 3.8) is 0 Å². The van der Waals surface area contributed by atoms with Crippen LogP contribution in [-0.2, 0) is 0 Å². The van der Waals surface area contributed by atoms with Crippen molar-refractivity contribution in [1.82, 2.24) is 15.0 Å². The number of aromatic nitrogens is 3. The quantitative estimate of drug-likeness (QED) is 0.319. The van der Waals surface area contributed by atoms with Crippen molar-refractivity contribution in [3.05, 3.63) is 59.4 Å². The Labute approximate surface area is 182 Å². The van der Waals surface area contributed by atoms with Gasteiger partial charge >= 0.3 is 6.03 Å². The molecule has 4 aromatic rings. The van der Waals surface area contributed by atoms with E-state index in [1.165, 1.54) is 11.3 Å². The molecule has 0 radical (unpaired) electrons. The average Bonchev–Trinajstić information content (AvgIpc) is 3.48. The highest BCUT2D eigenvalue weighted by Crippen LogP contribution is 2.22. The molecule has 0 spiro atoms. The Morgan fingerprint density at radius 1 is 0.900 bits per heavy atom. The number of urea groups is 1. The summed E-state index contributed by atoms with van der Waals surface area (Å²) in [6.45, 7) is 12.0. The van der Waals surface area contributed by atoms with Crippen LogP contribution in [0.3, 0.4) is 0 Å². The Morgan fingerprint density at radius 2 is 1.57 bits per heavy atom. The predicted octanol–water partition coefficient (Wildman–Crippen LogP) is 7.41. The minimum atomic E-state index is -0.292. The van der Waals surface area contributed by atoms with Gasteiger partial charge in [-0.25, -0.2) is 14.8 Å². The molecule has 160 valence electrons. The predicted molar refractivity (Wildman–Crippen MR) is 130 cm³/mol. The number of rotatable bonds is 3. The number of hydrogen-bond donors (Lipinski definition) is 3. The Balaban J connectivity index is 0.000000691. The normalized spacial score (nSPS) is 9.13. The lowest BCUT2D eigenvalue weighted by Gasteiger charge is -2.07. The molecule has 0 aliphatic rings. The van der Waals surface area contributed by atoms with E-state index in [2.05, 4.69) is 25.6 Å². The van der Waals surface area contributed by atoms with Crippen molar-refractivity contribution in [2.24, 2.45) is 0 Å². The summed E-state index contributed by atoms with van der Waals surface area (Å²) < 4.78 is 0. The minimum Gasteiger partial charge on any atom is -0.337 e. The topological polar surface area (TPSA) is 82.7 Å². The van der Waals surface area contributed by atoms with Gasteiger partial charge in [-0.05, 0) is 30.3 Å². The van der Waals surface area contributed by atoms with Gasteiger partial charge in [0.05, 0.1) is 16.5 Å². The van der Waals surface area contributed by atoms with Gasteiger partial charge in [-0.15, -0.1) is 11.3 Å². The number of para-hydroxylation sites is 1. The minimum absolute atomic E-state index is 0.292. The van der Waals surface area contributed by atoms with Crippen molar-refractivity contribution in [2.45, 2.75) is 41.5 Å². The number of anilines is 2. The fourth-order valence-corrected chi connectivity index (χ4v) is 2.89. The Hall–Kier alpha value is -3.19. The molecule has 0 saturated heterocycles. The molecule has 0 saturated carbocycles. The SMILES string of the molecule is CC.CC.CC.O=C(Nc1ccccc1)Nc1ccc2nc(-c3cscn3)[nH]c2c1. The first-order chi connectivity index (χ1) is 14.8. The van der Waals surface area contributed by atoms with Crippen LogP contribution < -0.4 is 10.6 Å². The van der Waals surface area contributed by atoms with E-state index >= 15 is 0 Å². The van der Waals surface area contributed by atoms with E-state index in [4.69, 9.17) is 0 Å². The second-order valence-electron chi connectivity index (χ2n) is 5.14. The highest BCUT2D eigenvalue weighted by atomic mass is 32.1. The summed E-state index contributed by atoms with van der Waals surface area (Å²) in [5.41, 5.74) is 5.67. The molecule has 2 aromatic carbocycles. The van der Waals surface area contributed by atoms with E-state index < -0.39 is 0 Å². The van der Waals surface area contributed by atoms with Crippen molar-refractivity contribution in [2.75, 3.05) is 10.6 Å². The number of nitrogens with one attached hydrogen (secondary N) is 3. The Morgan fingerprint density at radius 3 is 2.20 bits per heavy atom. The van der Waals surface area contributed by atoms with Gasteiger partial charge in [0.15, 0.2) is 5.82 Å². The van der Waals surface area contributed by atoms with Crippen molar-refractivity contribution >= 4 is 39.8 Å². The second-order valence-corrected chi connectivity index (χ2v) is 5.85. The number of carbonyl (C=O) groups is 1. The molecule has 2 heterocycles. The van der Waals surface area contributed by atoms with Crippen molar-refractivity contribution in [1.29, 1.82) is 0 Å². The number of amides is 2. The van der Waals surface area contributed by atoms with Gasteiger partial charge in [-0.1, -0.05) is 59.7 Å². The highest BCUT2D eigenvalue weighted by molar-refractivity contribution is 7.07. The number of thiazole rings is 1. The zero-order valence-electron chi connectivity index (χ0n) is 18.5. The number of carbonyl (C=O) groups excluding carboxylic acids is 1. The summed E-state index contributed by atoms with van der Waals surface area (Å²) >= 11 is 1.52. The maximum atomic E-state index is 12.1. The second kappa shape index (κ2) is 13.9. The molecule has 0 aliphatic carbocycles. The van der Waals surface area contributed by atoms with E-state index in [0.29, 0.717) is 5.69 Å². The lowest BCUT2D eigenvalue weighted by Crippen LogP contribution is -2.19. The molecule has 0 atom stereocenters. The molecule has 0 unspecified atom stereocenters. The summed E-state index contributed by atoms with van der Waals surface area (Å²) in [7, 11) is 0. The molecule has 0 bridgehead atoms. The molecule has 2 aromatic heterocycles. The fourth-order valence-electron chi connectivity index (χ4n) is 2.35. The van der Waals surface area contributed by atoms with Crippen molar-refractivity contribution < 1.29 is 4.79 Å². The van der Waals surface area contributed by atoms with E-state index in [1.807, 2.05) is 95.5 Å². The van der Waals surface area contributed by atoms with Crippen LogP contribution in [0.1, 0.15) is 41.5 Å². The van der Waals surface area contributed by atoms with Crippen LogP contribution in [0.25, 0.3) is 22.6 Å². The van der Waals surface area contributed by atoms with Crippen LogP contribution in [0, 0.1) is 0 Å².